The molecule has 0 aromatic carbocycles. The zero-order valence-corrected chi connectivity index (χ0v) is 11.4. The van der Waals surface area contributed by atoms with Crippen LogP contribution in [0.3, 0.4) is 0 Å². The molecule has 1 amide bonds. The molecule has 0 bridgehead atoms. The van der Waals surface area contributed by atoms with Crippen molar-refractivity contribution in [1.29, 1.82) is 0 Å². The Balaban J connectivity index is 2.52. The van der Waals surface area contributed by atoms with Crippen LogP contribution in [0.5, 0.6) is 0 Å². The van der Waals surface area contributed by atoms with E-state index in [1.54, 1.807) is 6.92 Å². The number of ether oxygens (including phenoxy) is 1. The molecule has 1 aliphatic heterocycles. The van der Waals surface area contributed by atoms with Crippen molar-refractivity contribution in [1.82, 2.24) is 10.6 Å². The van der Waals surface area contributed by atoms with Gasteiger partial charge in [0.05, 0.1) is 25.8 Å². The van der Waals surface area contributed by atoms with E-state index < -0.39 is 17.4 Å². The van der Waals surface area contributed by atoms with E-state index in [1.807, 2.05) is 20.8 Å². The van der Waals surface area contributed by atoms with E-state index >= 15 is 0 Å². The maximum atomic E-state index is 11.7. The number of carboxylic acid groups (broad SMARTS) is 1. The predicted molar refractivity (Wildman–Crippen MR) is 66.2 cm³/mol. The molecular weight excluding hydrogens is 236 g/mol. The molecule has 0 aromatic rings. The molecule has 1 heterocycles. The number of carbonyl (C=O) groups is 2. The van der Waals surface area contributed by atoms with Crippen molar-refractivity contribution in [2.24, 2.45) is 5.41 Å². The molecule has 1 saturated heterocycles. The van der Waals surface area contributed by atoms with Crippen LogP contribution in [-0.2, 0) is 14.3 Å². The first kappa shape index (κ1) is 14.9. The van der Waals surface area contributed by atoms with Gasteiger partial charge in [0.25, 0.3) is 0 Å². The summed E-state index contributed by atoms with van der Waals surface area (Å²) in [5, 5.41) is 14.9. The van der Waals surface area contributed by atoms with Crippen LogP contribution in [0.25, 0.3) is 0 Å². The molecule has 6 heteroatoms. The van der Waals surface area contributed by atoms with E-state index in [-0.39, 0.29) is 31.2 Å². The third-order valence-corrected chi connectivity index (χ3v) is 3.06. The summed E-state index contributed by atoms with van der Waals surface area (Å²) in [6.45, 7) is 7.99. The largest absolute Gasteiger partial charge is 0.481 e. The Morgan fingerprint density at radius 3 is 2.56 bits per heavy atom. The lowest BCUT2D eigenvalue weighted by molar-refractivity contribution is -0.149. The van der Waals surface area contributed by atoms with Crippen molar-refractivity contribution in [2.45, 2.75) is 39.3 Å². The molecule has 1 rings (SSSR count). The van der Waals surface area contributed by atoms with E-state index in [0.717, 1.165) is 0 Å². The highest BCUT2D eigenvalue weighted by molar-refractivity contribution is 5.81. The minimum atomic E-state index is -1.04. The number of nitrogens with one attached hydrogen (secondary N) is 2. The summed E-state index contributed by atoms with van der Waals surface area (Å²) in [6, 6.07) is -0.482. The summed E-state index contributed by atoms with van der Waals surface area (Å²) in [4.78, 5) is 22.9. The van der Waals surface area contributed by atoms with Crippen molar-refractivity contribution >= 4 is 11.9 Å². The zero-order chi connectivity index (χ0) is 14.0. The fourth-order valence-corrected chi connectivity index (χ4v) is 1.68. The Hall–Kier alpha value is -1.14. The highest BCUT2D eigenvalue weighted by Gasteiger charge is 2.47. The lowest BCUT2D eigenvalue weighted by atomic mass is 9.85. The van der Waals surface area contributed by atoms with Crippen LogP contribution in [0, 0.1) is 5.41 Å². The zero-order valence-electron chi connectivity index (χ0n) is 11.4. The molecule has 0 aromatic heterocycles. The Morgan fingerprint density at radius 2 is 2.06 bits per heavy atom. The number of amides is 1. The first-order chi connectivity index (χ1) is 8.15. The molecule has 2 unspecified atom stereocenters. The Kier molecular flexibility index (Phi) is 4.34. The van der Waals surface area contributed by atoms with Crippen LogP contribution < -0.4 is 10.6 Å². The molecule has 104 valence electrons. The van der Waals surface area contributed by atoms with Crippen LogP contribution in [0.15, 0.2) is 0 Å². The molecular formula is C12H22N2O4. The van der Waals surface area contributed by atoms with Gasteiger partial charge in [0, 0.05) is 5.54 Å². The molecule has 3 N–H and O–H groups in total. The van der Waals surface area contributed by atoms with Gasteiger partial charge in [-0.1, -0.05) is 0 Å². The highest BCUT2D eigenvalue weighted by atomic mass is 16.5. The van der Waals surface area contributed by atoms with E-state index in [0.29, 0.717) is 0 Å². The highest BCUT2D eigenvalue weighted by Crippen LogP contribution is 2.28. The number of rotatable bonds is 4. The van der Waals surface area contributed by atoms with Crippen molar-refractivity contribution in [2.75, 3.05) is 19.8 Å². The summed E-state index contributed by atoms with van der Waals surface area (Å²) < 4.78 is 5.16. The van der Waals surface area contributed by atoms with Crippen LogP contribution in [-0.4, -0.2) is 48.3 Å². The average Bonchev–Trinajstić information content (AvgIpc) is 2.58. The van der Waals surface area contributed by atoms with E-state index in [1.165, 1.54) is 0 Å². The second kappa shape index (κ2) is 5.24. The van der Waals surface area contributed by atoms with Gasteiger partial charge in [0.1, 0.15) is 5.41 Å². The van der Waals surface area contributed by atoms with Crippen molar-refractivity contribution in [3.05, 3.63) is 0 Å². The van der Waals surface area contributed by atoms with Crippen LogP contribution >= 0.6 is 0 Å². The maximum absolute atomic E-state index is 11.7. The summed E-state index contributed by atoms with van der Waals surface area (Å²) in [5.41, 5.74) is -1.20. The van der Waals surface area contributed by atoms with Gasteiger partial charge >= 0.3 is 5.97 Å². The van der Waals surface area contributed by atoms with Gasteiger partial charge in [-0.3, -0.25) is 9.59 Å². The quantitative estimate of drug-likeness (QED) is 0.659. The fourth-order valence-electron chi connectivity index (χ4n) is 1.68. The Morgan fingerprint density at radius 1 is 1.44 bits per heavy atom. The van der Waals surface area contributed by atoms with Gasteiger partial charge < -0.3 is 20.5 Å². The van der Waals surface area contributed by atoms with Crippen LogP contribution in [0.2, 0.25) is 0 Å². The average molecular weight is 258 g/mol. The monoisotopic (exact) mass is 258 g/mol. The topological polar surface area (TPSA) is 87.7 Å². The normalized spacial score (nSPS) is 28.1. The van der Waals surface area contributed by atoms with Gasteiger partial charge in [-0.05, 0) is 27.7 Å². The third-order valence-electron chi connectivity index (χ3n) is 3.06. The standard InChI is InChI=1S/C12H22N2O4/c1-11(2,3)13-5-9(15)14-8-6-18-7-12(8,4)10(16)17/h8,13H,5-7H2,1-4H3,(H,14,15)(H,16,17). The first-order valence-corrected chi connectivity index (χ1v) is 6.01. The first-order valence-electron chi connectivity index (χ1n) is 6.01. The lowest BCUT2D eigenvalue weighted by Crippen LogP contribution is -2.52. The van der Waals surface area contributed by atoms with Crippen LogP contribution in [0.4, 0.5) is 0 Å². The summed E-state index contributed by atoms with van der Waals surface area (Å²) in [7, 11) is 0. The lowest BCUT2D eigenvalue weighted by Gasteiger charge is -2.26. The minimum Gasteiger partial charge on any atom is -0.481 e. The third kappa shape index (κ3) is 3.68. The number of carboxylic acids is 1. The molecule has 0 saturated carbocycles. The van der Waals surface area contributed by atoms with E-state index in [9.17, 15) is 9.59 Å². The molecule has 0 aliphatic carbocycles. The SMILES string of the molecule is CC(C)(C)NCC(=O)NC1COCC1(C)C(=O)O. The predicted octanol–water partition coefficient (Wildman–Crippen LogP) is -0.0196. The minimum absolute atomic E-state index is 0.125. The summed E-state index contributed by atoms with van der Waals surface area (Å²) in [5.74, 6) is -1.16. The van der Waals surface area contributed by atoms with E-state index in [4.69, 9.17) is 9.84 Å². The molecule has 1 fully saturated rings. The number of carbonyl (C=O) groups excluding carboxylic acids is 1. The summed E-state index contributed by atoms with van der Waals surface area (Å²) >= 11 is 0. The molecule has 0 radical (unpaired) electrons. The van der Waals surface area contributed by atoms with Gasteiger partial charge in [-0.2, -0.15) is 0 Å². The molecule has 6 nitrogen and oxygen atoms in total. The van der Waals surface area contributed by atoms with Gasteiger partial charge in [-0.15, -0.1) is 0 Å². The fraction of sp³-hybridized carbons (Fsp3) is 0.833. The molecule has 2 atom stereocenters. The van der Waals surface area contributed by atoms with E-state index in [2.05, 4.69) is 10.6 Å². The Bertz CT molecular complexity index is 337. The Labute approximate surface area is 107 Å². The maximum Gasteiger partial charge on any atom is 0.313 e. The van der Waals surface area contributed by atoms with Crippen molar-refractivity contribution in [3.63, 3.8) is 0 Å². The second-order valence-corrected chi connectivity index (χ2v) is 5.96. The van der Waals surface area contributed by atoms with Gasteiger partial charge in [0.2, 0.25) is 5.91 Å². The summed E-state index contributed by atoms with van der Waals surface area (Å²) in [6.07, 6.45) is 0. The molecule has 0 spiro atoms. The number of aliphatic carboxylic acids is 1. The number of hydrogen-bond donors (Lipinski definition) is 3. The van der Waals surface area contributed by atoms with Gasteiger partial charge in [0.15, 0.2) is 0 Å². The van der Waals surface area contributed by atoms with Crippen molar-refractivity contribution < 1.29 is 19.4 Å². The van der Waals surface area contributed by atoms with Gasteiger partial charge in [-0.25, -0.2) is 0 Å². The van der Waals surface area contributed by atoms with Crippen LogP contribution in [0.1, 0.15) is 27.7 Å². The van der Waals surface area contributed by atoms with Crippen molar-refractivity contribution in [3.8, 4) is 0 Å². The second-order valence-electron chi connectivity index (χ2n) is 5.96. The molecule has 18 heavy (non-hydrogen) atoms. The smallest absolute Gasteiger partial charge is 0.313 e. The molecule has 1 aliphatic rings. The number of hydrogen-bond acceptors (Lipinski definition) is 4.